The van der Waals surface area contributed by atoms with Gasteiger partial charge >= 0.3 is 0 Å². The Morgan fingerprint density at radius 1 is 1.30 bits per heavy atom. The number of nitrogens with one attached hydrogen (secondary N) is 1. The SMILES string of the molecule is COC(CCN(C)C)(Nc1ccc(N)cc1N)c1ncc(Cl)c(N2CCOCC2)n1. The highest BCUT2D eigenvalue weighted by atomic mass is 35.5. The molecule has 1 aliphatic rings. The van der Waals surface area contributed by atoms with E-state index in [4.69, 9.17) is 37.5 Å². The van der Waals surface area contributed by atoms with Crippen LogP contribution in [0.25, 0.3) is 0 Å². The number of anilines is 4. The van der Waals surface area contributed by atoms with Crippen molar-refractivity contribution >= 4 is 34.5 Å². The summed E-state index contributed by atoms with van der Waals surface area (Å²) in [4.78, 5) is 13.5. The molecule has 0 saturated carbocycles. The molecule has 1 aliphatic heterocycles. The average Bonchev–Trinajstić information content (AvgIpc) is 2.74. The number of hydrogen-bond acceptors (Lipinski definition) is 9. The van der Waals surface area contributed by atoms with Gasteiger partial charge in [-0.25, -0.2) is 9.97 Å². The van der Waals surface area contributed by atoms with E-state index in [-0.39, 0.29) is 0 Å². The van der Waals surface area contributed by atoms with E-state index >= 15 is 0 Å². The zero-order chi connectivity index (χ0) is 21.7. The molecule has 1 unspecified atom stereocenters. The van der Waals surface area contributed by atoms with Gasteiger partial charge in [-0.1, -0.05) is 11.6 Å². The second-order valence-corrected chi connectivity index (χ2v) is 7.93. The molecule has 1 atom stereocenters. The number of aromatic nitrogens is 2. The molecule has 1 aromatic heterocycles. The summed E-state index contributed by atoms with van der Waals surface area (Å²) in [5.41, 5.74) is 12.8. The number of benzene rings is 1. The number of ether oxygens (including phenoxy) is 2. The summed E-state index contributed by atoms with van der Waals surface area (Å²) >= 11 is 6.44. The lowest BCUT2D eigenvalue weighted by Gasteiger charge is -2.35. The Labute approximate surface area is 182 Å². The molecule has 9 nitrogen and oxygen atoms in total. The summed E-state index contributed by atoms with van der Waals surface area (Å²) < 4.78 is 11.5. The van der Waals surface area contributed by atoms with Gasteiger partial charge in [0.15, 0.2) is 11.6 Å². The van der Waals surface area contributed by atoms with Crippen molar-refractivity contribution in [2.24, 2.45) is 0 Å². The molecule has 1 fully saturated rings. The van der Waals surface area contributed by atoms with E-state index in [0.717, 1.165) is 6.54 Å². The van der Waals surface area contributed by atoms with Crippen LogP contribution in [-0.4, -0.2) is 68.9 Å². The number of halogens is 1. The number of hydrogen-bond donors (Lipinski definition) is 3. The highest BCUT2D eigenvalue weighted by molar-refractivity contribution is 6.32. The maximum atomic E-state index is 6.44. The van der Waals surface area contributed by atoms with E-state index < -0.39 is 5.72 Å². The molecule has 2 heterocycles. The van der Waals surface area contributed by atoms with Gasteiger partial charge in [-0.3, -0.25) is 0 Å². The number of nitrogens with zero attached hydrogens (tertiary/aromatic N) is 4. The molecule has 3 rings (SSSR count). The fourth-order valence-corrected chi connectivity index (χ4v) is 3.53. The Kier molecular flexibility index (Phi) is 7.19. The van der Waals surface area contributed by atoms with Crippen LogP contribution in [0, 0.1) is 0 Å². The zero-order valence-corrected chi connectivity index (χ0v) is 18.4. The van der Waals surface area contributed by atoms with Crippen LogP contribution >= 0.6 is 11.6 Å². The van der Waals surface area contributed by atoms with E-state index in [2.05, 4.69) is 20.1 Å². The van der Waals surface area contributed by atoms with Crippen molar-refractivity contribution in [3.05, 3.63) is 35.2 Å². The summed E-state index contributed by atoms with van der Waals surface area (Å²) in [6.45, 7) is 3.42. The normalized spacial score (nSPS) is 16.5. The lowest BCUT2D eigenvalue weighted by molar-refractivity contribution is -0.00886. The fraction of sp³-hybridized carbons (Fsp3) is 0.500. The van der Waals surface area contributed by atoms with E-state index in [9.17, 15) is 0 Å². The van der Waals surface area contributed by atoms with Gasteiger partial charge in [0.05, 0.1) is 30.8 Å². The van der Waals surface area contributed by atoms with Crippen molar-refractivity contribution in [2.45, 2.75) is 12.1 Å². The van der Waals surface area contributed by atoms with Crippen LogP contribution in [0.3, 0.4) is 0 Å². The van der Waals surface area contributed by atoms with Crippen molar-refractivity contribution in [1.82, 2.24) is 14.9 Å². The molecular formula is C20H30ClN7O2. The lowest BCUT2D eigenvalue weighted by Crippen LogP contribution is -2.43. The second-order valence-electron chi connectivity index (χ2n) is 7.52. The van der Waals surface area contributed by atoms with Crippen molar-refractivity contribution in [1.29, 1.82) is 0 Å². The first-order chi connectivity index (χ1) is 14.3. The van der Waals surface area contributed by atoms with Crippen LogP contribution in [0.15, 0.2) is 24.4 Å². The number of morpholine rings is 1. The molecule has 30 heavy (non-hydrogen) atoms. The van der Waals surface area contributed by atoms with Gasteiger partial charge in [-0.05, 0) is 32.3 Å². The van der Waals surface area contributed by atoms with Gasteiger partial charge in [-0.15, -0.1) is 0 Å². The smallest absolute Gasteiger partial charge is 0.200 e. The average molecular weight is 436 g/mol. The molecule has 1 saturated heterocycles. The third-order valence-corrected chi connectivity index (χ3v) is 5.34. The minimum atomic E-state index is -1.01. The fourth-order valence-electron chi connectivity index (χ4n) is 3.32. The summed E-state index contributed by atoms with van der Waals surface area (Å²) in [5, 5.41) is 3.91. The lowest BCUT2D eigenvalue weighted by atomic mass is 10.1. The van der Waals surface area contributed by atoms with E-state index in [1.807, 2.05) is 20.2 Å². The minimum Gasteiger partial charge on any atom is -0.399 e. The molecule has 5 N–H and O–H groups in total. The topological polar surface area (TPSA) is 115 Å². The molecule has 0 radical (unpaired) electrons. The molecule has 0 aliphatic carbocycles. The standard InChI is InChI=1S/C20H30ClN7O2/c1-27(2)7-6-20(29-3,26-17-5-4-14(22)12-16(17)23)19-24-13-15(21)18(25-19)28-8-10-30-11-9-28/h4-5,12-13,26H,6-11,22-23H2,1-3H3. The van der Waals surface area contributed by atoms with E-state index in [1.54, 1.807) is 25.4 Å². The Morgan fingerprint density at radius 3 is 2.67 bits per heavy atom. The van der Waals surface area contributed by atoms with Crippen LogP contribution in [0.1, 0.15) is 12.2 Å². The Hall–Kier alpha value is -2.33. The van der Waals surface area contributed by atoms with E-state index in [0.29, 0.717) is 66.5 Å². The predicted molar refractivity (Wildman–Crippen MR) is 121 cm³/mol. The monoisotopic (exact) mass is 435 g/mol. The summed E-state index contributed by atoms with van der Waals surface area (Å²) in [7, 11) is 5.63. The van der Waals surface area contributed by atoms with Gasteiger partial charge in [-0.2, -0.15) is 0 Å². The van der Waals surface area contributed by atoms with Gasteiger partial charge in [0.2, 0.25) is 5.72 Å². The molecule has 1 aromatic carbocycles. The Morgan fingerprint density at radius 2 is 2.03 bits per heavy atom. The maximum absolute atomic E-state index is 6.44. The van der Waals surface area contributed by atoms with Crippen LogP contribution in [0.2, 0.25) is 5.02 Å². The summed E-state index contributed by atoms with van der Waals surface area (Å²) in [6.07, 6.45) is 2.19. The Balaban J connectivity index is 2.02. The first-order valence-electron chi connectivity index (χ1n) is 9.83. The predicted octanol–water partition coefficient (Wildman–Crippen LogP) is 1.99. The van der Waals surface area contributed by atoms with Gasteiger partial charge in [0, 0.05) is 38.9 Å². The largest absolute Gasteiger partial charge is 0.399 e. The number of nitrogen functional groups attached to an aromatic ring is 2. The third-order valence-electron chi connectivity index (χ3n) is 5.07. The first-order valence-corrected chi connectivity index (χ1v) is 10.2. The van der Waals surface area contributed by atoms with Crippen LogP contribution in [0.5, 0.6) is 0 Å². The second kappa shape index (κ2) is 9.65. The number of methoxy groups -OCH3 is 1. The minimum absolute atomic E-state index is 0.481. The van der Waals surface area contributed by atoms with Crippen LogP contribution < -0.4 is 21.7 Å². The van der Waals surface area contributed by atoms with Gasteiger partial charge in [0.1, 0.15) is 5.02 Å². The molecule has 0 bridgehead atoms. The third kappa shape index (κ3) is 5.04. The highest BCUT2D eigenvalue weighted by Gasteiger charge is 2.37. The number of nitrogens with two attached hydrogens (primary N) is 2. The van der Waals surface area contributed by atoms with Gasteiger partial charge in [0.25, 0.3) is 0 Å². The van der Waals surface area contributed by atoms with Crippen LogP contribution in [-0.2, 0) is 15.2 Å². The quantitative estimate of drug-likeness (QED) is 0.423. The zero-order valence-electron chi connectivity index (χ0n) is 17.7. The van der Waals surface area contributed by atoms with Crippen LogP contribution in [0.4, 0.5) is 22.9 Å². The van der Waals surface area contributed by atoms with Crippen molar-refractivity contribution in [3.63, 3.8) is 0 Å². The van der Waals surface area contributed by atoms with Crippen molar-refractivity contribution in [2.75, 3.05) is 75.7 Å². The molecule has 0 amide bonds. The molecule has 2 aromatic rings. The summed E-state index contributed by atoms with van der Waals surface area (Å²) in [5.74, 6) is 1.15. The number of rotatable bonds is 8. The molecule has 0 spiro atoms. The maximum Gasteiger partial charge on any atom is 0.200 e. The van der Waals surface area contributed by atoms with E-state index in [1.165, 1.54) is 0 Å². The van der Waals surface area contributed by atoms with Gasteiger partial charge < -0.3 is 36.1 Å². The Bertz CT molecular complexity index is 861. The molecular weight excluding hydrogens is 406 g/mol. The first kappa shape index (κ1) is 22.4. The highest BCUT2D eigenvalue weighted by Crippen LogP contribution is 2.34. The molecule has 10 heteroatoms. The summed E-state index contributed by atoms with van der Waals surface area (Å²) in [6, 6.07) is 5.32. The molecule has 164 valence electrons. The van der Waals surface area contributed by atoms with Crippen molar-refractivity contribution in [3.8, 4) is 0 Å². The van der Waals surface area contributed by atoms with Crippen molar-refractivity contribution < 1.29 is 9.47 Å².